The fraction of sp³-hybridized carbons (Fsp3) is 0.629. The Bertz CT molecular complexity index is 3090. The summed E-state index contributed by atoms with van der Waals surface area (Å²) < 4.78 is 18.0. The number of carboxylic acids is 1. The van der Waals surface area contributed by atoms with Crippen molar-refractivity contribution in [1.29, 1.82) is 0 Å². The summed E-state index contributed by atoms with van der Waals surface area (Å²) in [6.07, 6.45) is 5.11. The number of primary amides is 1. The Morgan fingerprint density at radius 3 is 2.01 bits per heavy atom. The van der Waals surface area contributed by atoms with E-state index in [4.69, 9.17) is 19.9 Å². The first kappa shape index (κ1) is 77.5. The number of ether oxygens (including phenoxy) is 3. The first-order valence-electron chi connectivity index (χ1n) is 34.1. The number of amides is 12. The Kier molecular flexibility index (Phi) is 29.4. The molecule has 97 heavy (non-hydrogen) atoms. The van der Waals surface area contributed by atoms with E-state index in [-0.39, 0.29) is 105 Å². The number of nitrogens with two attached hydrogens (primary N) is 1. The molecule has 2 saturated heterocycles. The van der Waals surface area contributed by atoms with Crippen LogP contribution < -0.4 is 37.6 Å². The number of rotatable bonds is 37. The molecular weight excluding hydrogens is 1250 g/mol. The molecule has 2 aromatic rings. The third-order valence-corrected chi connectivity index (χ3v) is 19.6. The molecule has 2 bridgehead atoms. The molecule has 534 valence electrons. The minimum absolute atomic E-state index is 0.0576. The molecule has 0 radical (unpaired) electrons. The van der Waals surface area contributed by atoms with E-state index >= 15 is 0 Å². The molecule has 27 heteroatoms. The van der Waals surface area contributed by atoms with Crippen LogP contribution in [-0.2, 0) is 75.2 Å². The summed E-state index contributed by atoms with van der Waals surface area (Å²) in [7, 11) is 4.59. The van der Waals surface area contributed by atoms with Gasteiger partial charge in [0.25, 0.3) is 11.8 Å². The van der Waals surface area contributed by atoms with Crippen molar-refractivity contribution in [1.82, 2.24) is 46.2 Å². The van der Waals surface area contributed by atoms with Crippen LogP contribution in [0.3, 0.4) is 0 Å². The summed E-state index contributed by atoms with van der Waals surface area (Å²) in [4.78, 5) is 166. The number of piperidine rings is 1. The van der Waals surface area contributed by atoms with Gasteiger partial charge in [0, 0.05) is 77.6 Å². The molecule has 6 rings (SSSR count). The molecule has 0 spiro atoms. The maximum Gasteiger partial charge on any atom is 0.411 e. The van der Waals surface area contributed by atoms with Crippen LogP contribution in [0.25, 0.3) is 0 Å². The number of urea groups is 1. The summed E-state index contributed by atoms with van der Waals surface area (Å²) in [5.74, 6) is -7.31. The minimum Gasteiger partial charge on any atom is -0.480 e. The van der Waals surface area contributed by atoms with E-state index in [0.29, 0.717) is 69.2 Å². The fourth-order valence-corrected chi connectivity index (χ4v) is 14.0. The largest absolute Gasteiger partial charge is 0.480 e. The summed E-state index contributed by atoms with van der Waals surface area (Å²) >= 11 is 0. The van der Waals surface area contributed by atoms with Crippen LogP contribution in [0.2, 0.25) is 0 Å². The molecule has 3 aliphatic heterocycles. The Balaban J connectivity index is 1.06. The van der Waals surface area contributed by atoms with E-state index in [1.54, 1.807) is 86.1 Å². The van der Waals surface area contributed by atoms with Crippen molar-refractivity contribution in [3.05, 3.63) is 77.9 Å². The third kappa shape index (κ3) is 20.8. The first-order chi connectivity index (χ1) is 46.1. The molecular formula is C70H103N11O16. The van der Waals surface area contributed by atoms with Gasteiger partial charge in [-0.05, 0) is 104 Å². The van der Waals surface area contributed by atoms with Crippen LogP contribution >= 0.6 is 0 Å². The van der Waals surface area contributed by atoms with Crippen LogP contribution in [0, 0.1) is 35.5 Å². The number of carboxylic acid groups (broad SMARTS) is 1. The molecule has 12 amide bonds. The van der Waals surface area contributed by atoms with Crippen LogP contribution in [0.4, 0.5) is 15.3 Å². The van der Waals surface area contributed by atoms with E-state index < -0.39 is 114 Å². The maximum absolute atomic E-state index is 15.0. The SMILES string of the molecule is CC[C@H](C)[C@@H]([C@@H](CC(=O)N1CCC[C@H]1[C@H](OC)[C@@H](C)C(=O)N[C@@H](Cc1ccccc1)C(=O)O)OC)N(C)C(=O)[C@@H](NC(=O)[C@@H]1[C@H]2CC[C@@H]([C@H]2C)N1C(=O)OCc1ccc(NC(=O)[C@H](CCCNC(N)=O)NC(=O)[C@H](NC(=O)CCCCCN2C(=O)C=CC2=O)C(C)C)cc1)C(C)C. The van der Waals surface area contributed by atoms with Crippen molar-refractivity contribution < 1.29 is 76.9 Å². The lowest BCUT2D eigenvalue weighted by Gasteiger charge is -2.41. The summed E-state index contributed by atoms with van der Waals surface area (Å²) in [5.41, 5.74) is 6.90. The lowest BCUT2D eigenvalue weighted by molar-refractivity contribution is -0.148. The van der Waals surface area contributed by atoms with E-state index in [9.17, 15) is 62.6 Å². The van der Waals surface area contributed by atoms with E-state index in [0.717, 1.165) is 10.5 Å². The lowest BCUT2D eigenvalue weighted by Crippen LogP contribution is -2.60. The van der Waals surface area contributed by atoms with Gasteiger partial charge in [0.2, 0.25) is 41.4 Å². The zero-order valence-electron chi connectivity index (χ0n) is 58.0. The number of nitrogens with one attached hydrogen (secondary N) is 6. The minimum atomic E-state index is -1.19. The number of nitrogens with zero attached hydrogens (tertiary/aromatic N) is 4. The van der Waals surface area contributed by atoms with Crippen molar-refractivity contribution in [3.8, 4) is 0 Å². The second-order valence-electron chi connectivity index (χ2n) is 26.9. The van der Waals surface area contributed by atoms with Gasteiger partial charge in [-0.1, -0.05) is 111 Å². The maximum atomic E-state index is 15.0. The van der Waals surface area contributed by atoms with Gasteiger partial charge < -0.3 is 66.8 Å². The number of unbranched alkanes of at least 4 members (excludes halogenated alkanes) is 2. The molecule has 1 saturated carbocycles. The number of likely N-dealkylation sites (tertiary alicyclic amines) is 2. The quantitative estimate of drug-likeness (QED) is 0.0333. The number of carbonyl (C=O) groups is 12. The van der Waals surface area contributed by atoms with Crippen molar-refractivity contribution >= 4 is 76.9 Å². The molecule has 2 aromatic carbocycles. The Morgan fingerprint density at radius 2 is 1.40 bits per heavy atom. The monoisotopic (exact) mass is 1350 g/mol. The zero-order valence-corrected chi connectivity index (χ0v) is 58.0. The van der Waals surface area contributed by atoms with Crippen LogP contribution in [0.5, 0.6) is 0 Å². The Morgan fingerprint density at radius 1 is 0.742 bits per heavy atom. The number of fused-ring (bicyclic) bond motifs is 2. The number of anilines is 1. The first-order valence-corrected chi connectivity index (χ1v) is 34.1. The van der Waals surface area contributed by atoms with Gasteiger partial charge >= 0.3 is 18.1 Å². The highest BCUT2D eigenvalue weighted by atomic mass is 16.6. The molecule has 3 fully saturated rings. The predicted octanol–water partition coefficient (Wildman–Crippen LogP) is 4.79. The molecule has 3 heterocycles. The number of hydrogen-bond acceptors (Lipinski definition) is 15. The topological polar surface area (TPSA) is 364 Å². The van der Waals surface area contributed by atoms with Crippen molar-refractivity contribution in [2.75, 3.05) is 46.2 Å². The van der Waals surface area contributed by atoms with E-state index in [1.807, 2.05) is 40.7 Å². The molecule has 14 atom stereocenters. The van der Waals surface area contributed by atoms with Gasteiger partial charge in [-0.2, -0.15) is 0 Å². The summed E-state index contributed by atoms with van der Waals surface area (Å²) in [6.45, 7) is 15.3. The number of methoxy groups -OCH3 is 2. The predicted molar refractivity (Wildman–Crippen MR) is 359 cm³/mol. The normalized spacial score (nSPS) is 20.8. The average Bonchev–Trinajstić information content (AvgIpc) is 1.60. The summed E-state index contributed by atoms with van der Waals surface area (Å²) in [5, 5.41) is 26.6. The molecule has 4 aliphatic rings. The van der Waals surface area contributed by atoms with Crippen molar-refractivity contribution in [3.63, 3.8) is 0 Å². The smallest absolute Gasteiger partial charge is 0.411 e. The highest BCUT2D eigenvalue weighted by molar-refractivity contribution is 6.12. The van der Waals surface area contributed by atoms with Gasteiger partial charge in [0.05, 0.1) is 36.6 Å². The standard InChI is InChI=1S/C70H103N11O16/c1-12-42(6)60(53(95-10)38-57(85)79-36-20-24-52(79)62(96-11)44(8)63(86)75-50(68(91)92)37-45-21-15-13-16-22-45)78(9)67(90)59(41(4)5)77-66(89)61-48-30-31-51(43(48)7)81(61)70(94)97-39-46-26-28-47(29-27-46)73-64(87)49(23-19-34-72-69(71)93)74-65(88)58(40(2)3)76-54(82)25-17-14-18-35-80-55(83)32-33-56(80)84/h13,15-16,21-22,26-29,32-33,40-44,48-53,58-62H,12,14,17-20,23-25,30-31,34-39H2,1-11H3,(H,73,87)(H,74,88)(H,75,86)(H,76,82)(H,77,89)(H,91,92)(H3,71,72,93)/t42-,43-,44+,48-,49-,50-,51-,52-,53+,58+,59-,60-,61-,62+/m0/s1. The van der Waals surface area contributed by atoms with Gasteiger partial charge in [0.15, 0.2) is 0 Å². The van der Waals surface area contributed by atoms with E-state index in [2.05, 4.69) is 31.9 Å². The van der Waals surface area contributed by atoms with Crippen LogP contribution in [-0.4, -0.2) is 197 Å². The highest BCUT2D eigenvalue weighted by Crippen LogP contribution is 2.47. The summed E-state index contributed by atoms with van der Waals surface area (Å²) in [6, 6.07) is 7.93. The van der Waals surface area contributed by atoms with Gasteiger partial charge in [-0.25, -0.2) is 14.4 Å². The number of benzene rings is 2. The second kappa shape index (κ2) is 36.8. The average molecular weight is 1350 g/mol. The molecule has 27 nitrogen and oxygen atoms in total. The zero-order chi connectivity index (χ0) is 71.4. The Labute approximate surface area is 569 Å². The molecule has 9 N–H and O–H groups in total. The fourth-order valence-electron chi connectivity index (χ4n) is 14.0. The molecule has 1 aliphatic carbocycles. The number of imide groups is 1. The van der Waals surface area contributed by atoms with Crippen molar-refractivity contribution in [2.24, 2.45) is 41.2 Å². The number of hydrogen-bond donors (Lipinski definition) is 8. The lowest BCUT2D eigenvalue weighted by atomic mass is 9.89. The molecule has 0 unspecified atom stereocenters. The molecule has 0 aromatic heterocycles. The van der Waals surface area contributed by atoms with Crippen LogP contribution in [0.1, 0.15) is 144 Å². The highest BCUT2D eigenvalue weighted by Gasteiger charge is 2.57. The van der Waals surface area contributed by atoms with Crippen molar-refractivity contribution in [2.45, 2.75) is 206 Å². The number of aliphatic carboxylic acids is 1. The van der Waals surface area contributed by atoms with Gasteiger partial charge in [0.1, 0.15) is 36.8 Å². The van der Waals surface area contributed by atoms with Gasteiger partial charge in [-0.3, -0.25) is 53.0 Å². The number of carbonyl (C=O) groups excluding carboxylic acids is 11. The third-order valence-electron chi connectivity index (χ3n) is 19.6. The number of likely N-dealkylation sites (N-methyl/N-ethyl adjacent to an activating group) is 1. The van der Waals surface area contributed by atoms with Gasteiger partial charge in [-0.15, -0.1) is 0 Å². The van der Waals surface area contributed by atoms with E-state index in [1.165, 1.54) is 31.3 Å². The van der Waals surface area contributed by atoms with Crippen LogP contribution in [0.15, 0.2) is 66.7 Å². The second-order valence-corrected chi connectivity index (χ2v) is 26.9. The Hall–Kier alpha value is -8.46.